The molecule has 1 amide bonds. The lowest BCUT2D eigenvalue weighted by molar-refractivity contribution is -0.155. The van der Waals surface area contributed by atoms with Crippen LogP contribution in [0.5, 0.6) is 0 Å². The van der Waals surface area contributed by atoms with Gasteiger partial charge in [-0.15, -0.1) is 0 Å². The molecule has 1 aromatic carbocycles. The number of halogens is 2. The molecule has 3 rings (SSSR count). The molecule has 3 aromatic rings. The monoisotopic (exact) mass is 546 g/mol. The molecule has 176 valence electrons. The van der Waals surface area contributed by atoms with Gasteiger partial charge < -0.3 is 10.1 Å². The second-order valence-electron chi connectivity index (χ2n) is 8.23. The van der Waals surface area contributed by atoms with Crippen LogP contribution in [0.15, 0.2) is 50.9 Å². The summed E-state index contributed by atoms with van der Waals surface area (Å²) in [5, 5.41) is 7.11. The van der Waals surface area contributed by atoms with Gasteiger partial charge in [0.15, 0.2) is 0 Å². The van der Waals surface area contributed by atoms with Crippen molar-refractivity contribution >= 4 is 56.1 Å². The van der Waals surface area contributed by atoms with Crippen LogP contribution in [0.1, 0.15) is 36.7 Å². The minimum atomic E-state index is -0.781. The van der Waals surface area contributed by atoms with Gasteiger partial charge in [-0.1, -0.05) is 28.8 Å². The zero-order valence-corrected chi connectivity index (χ0v) is 20.8. The third-order valence-electron chi connectivity index (χ3n) is 4.51. The maximum Gasteiger partial charge on any atom is 0.326 e. The van der Waals surface area contributed by atoms with Crippen molar-refractivity contribution in [2.75, 3.05) is 0 Å². The highest BCUT2D eigenvalue weighted by Gasteiger charge is 2.23. The van der Waals surface area contributed by atoms with E-state index in [9.17, 15) is 14.4 Å². The number of rotatable bonds is 6. The predicted molar refractivity (Wildman–Crippen MR) is 131 cm³/mol. The highest BCUT2D eigenvalue weighted by Crippen LogP contribution is 2.32. The van der Waals surface area contributed by atoms with E-state index in [0.717, 1.165) is 10.1 Å². The average molecular weight is 548 g/mol. The van der Waals surface area contributed by atoms with Gasteiger partial charge in [0.25, 0.3) is 11.5 Å². The Labute approximate surface area is 207 Å². The molecular formula is C22H20BrClN6O4. The molecule has 0 aliphatic carbocycles. The van der Waals surface area contributed by atoms with Crippen molar-refractivity contribution in [2.45, 2.75) is 39.5 Å². The highest BCUT2D eigenvalue weighted by atomic mass is 79.9. The zero-order valence-electron chi connectivity index (χ0n) is 18.5. The van der Waals surface area contributed by atoms with Crippen LogP contribution in [-0.4, -0.2) is 27.0 Å². The van der Waals surface area contributed by atoms with Crippen molar-refractivity contribution < 1.29 is 14.3 Å². The summed E-state index contributed by atoms with van der Waals surface area (Å²) >= 11 is 9.15. The largest absolute Gasteiger partial charge is 0.459 e. The number of nitrogens with zero attached hydrogens (tertiary/aromatic N) is 5. The lowest BCUT2D eigenvalue weighted by Crippen LogP contribution is -2.36. The number of carbonyl (C=O) groups is 2. The van der Waals surface area contributed by atoms with Crippen LogP contribution in [0, 0.1) is 0 Å². The average Bonchev–Trinajstić information content (AvgIpc) is 2.75. The van der Waals surface area contributed by atoms with E-state index >= 15 is 0 Å². The molecule has 0 fully saturated rings. The van der Waals surface area contributed by atoms with Gasteiger partial charge >= 0.3 is 5.97 Å². The van der Waals surface area contributed by atoms with E-state index in [0.29, 0.717) is 9.50 Å². The van der Waals surface area contributed by atoms with E-state index in [-0.39, 0.29) is 28.8 Å². The van der Waals surface area contributed by atoms with Gasteiger partial charge in [0.2, 0.25) is 0 Å². The summed E-state index contributed by atoms with van der Waals surface area (Å²) in [4.78, 5) is 45.8. The van der Waals surface area contributed by atoms with Crippen LogP contribution in [0.25, 0.3) is 21.5 Å². The Kier molecular flexibility index (Phi) is 7.61. The number of benzene rings is 1. The molecular weight excluding hydrogens is 528 g/mol. The first-order valence-corrected chi connectivity index (χ1v) is 11.2. The third-order valence-corrected chi connectivity index (χ3v) is 5.34. The fourth-order valence-electron chi connectivity index (χ4n) is 3.12. The summed E-state index contributed by atoms with van der Waals surface area (Å²) in [6.45, 7) is 4.74. The first-order chi connectivity index (χ1) is 16.0. The van der Waals surface area contributed by atoms with Crippen LogP contribution in [0.2, 0.25) is 5.02 Å². The summed E-state index contributed by atoms with van der Waals surface area (Å²) in [6.07, 6.45) is 1.34. The van der Waals surface area contributed by atoms with Crippen molar-refractivity contribution in [1.29, 1.82) is 0 Å². The number of ether oxygens (including phenoxy) is 1. The van der Waals surface area contributed by atoms with Crippen molar-refractivity contribution in [2.24, 2.45) is 5.11 Å². The molecule has 10 nitrogen and oxygen atoms in total. The molecule has 0 unspecified atom stereocenters. The number of pyridine rings is 2. The molecule has 0 aliphatic heterocycles. The molecule has 2 heterocycles. The van der Waals surface area contributed by atoms with Crippen LogP contribution in [-0.2, 0) is 22.6 Å². The van der Waals surface area contributed by atoms with Crippen LogP contribution < -0.4 is 10.9 Å². The van der Waals surface area contributed by atoms with Crippen LogP contribution >= 0.6 is 27.5 Å². The minimum absolute atomic E-state index is 0.0655. The van der Waals surface area contributed by atoms with Gasteiger partial charge in [0, 0.05) is 32.5 Å². The second kappa shape index (κ2) is 10.3. The zero-order chi connectivity index (χ0) is 25.0. The Bertz CT molecular complexity index is 1380. The van der Waals surface area contributed by atoms with Crippen molar-refractivity contribution in [3.8, 4) is 0 Å². The molecule has 0 saturated carbocycles. The second-order valence-corrected chi connectivity index (χ2v) is 9.52. The first kappa shape index (κ1) is 25.2. The van der Waals surface area contributed by atoms with E-state index in [1.54, 1.807) is 45.0 Å². The lowest BCUT2D eigenvalue weighted by atomic mass is 10.1. The molecule has 12 heteroatoms. The molecule has 0 radical (unpaired) electrons. The summed E-state index contributed by atoms with van der Waals surface area (Å²) in [6, 6.07) is 8.14. The fraction of sp³-hybridized carbons (Fsp3) is 0.273. The molecule has 0 bridgehead atoms. The lowest BCUT2D eigenvalue weighted by Gasteiger charge is -2.20. The summed E-state index contributed by atoms with van der Waals surface area (Å²) in [7, 11) is 0. The van der Waals surface area contributed by atoms with Gasteiger partial charge in [-0.25, -0.2) is 4.98 Å². The van der Waals surface area contributed by atoms with E-state index in [2.05, 4.69) is 36.3 Å². The topological polar surface area (TPSA) is 139 Å². The maximum atomic E-state index is 13.3. The Morgan fingerprint density at radius 2 is 1.97 bits per heavy atom. The van der Waals surface area contributed by atoms with Gasteiger partial charge in [-0.05, 0) is 66.0 Å². The molecule has 0 spiro atoms. The Hall–Kier alpha value is -3.40. The Morgan fingerprint density at radius 1 is 1.29 bits per heavy atom. The molecule has 0 saturated heterocycles. The Morgan fingerprint density at radius 3 is 2.59 bits per heavy atom. The number of hydrogen-bond acceptors (Lipinski definition) is 6. The summed E-state index contributed by atoms with van der Waals surface area (Å²) in [5.41, 5.74) is 8.18. The normalized spacial score (nSPS) is 11.1. The first-order valence-electron chi connectivity index (χ1n) is 10.0. The number of nitrogens with one attached hydrogen (secondary N) is 1. The molecule has 2 aromatic heterocycles. The predicted octanol–water partition coefficient (Wildman–Crippen LogP) is 5.03. The number of esters is 1. The van der Waals surface area contributed by atoms with Gasteiger partial charge in [0.1, 0.15) is 23.4 Å². The maximum absolute atomic E-state index is 13.3. The molecule has 0 atom stereocenters. The number of aromatic nitrogens is 2. The smallest absolute Gasteiger partial charge is 0.326 e. The number of azide groups is 1. The van der Waals surface area contributed by atoms with Crippen molar-refractivity contribution in [3.05, 3.63) is 77.9 Å². The van der Waals surface area contributed by atoms with Crippen molar-refractivity contribution in [1.82, 2.24) is 14.9 Å². The van der Waals surface area contributed by atoms with Crippen LogP contribution in [0.3, 0.4) is 0 Å². The number of hydrogen-bond donors (Lipinski definition) is 1. The Balaban J connectivity index is 2.10. The van der Waals surface area contributed by atoms with E-state index in [4.69, 9.17) is 21.9 Å². The quantitative estimate of drug-likeness (QED) is 0.200. The van der Waals surface area contributed by atoms with Gasteiger partial charge in [-0.3, -0.25) is 19.0 Å². The number of fused-ring (bicyclic) bond motifs is 1. The molecule has 1 N–H and O–H groups in total. The van der Waals surface area contributed by atoms with Crippen LogP contribution in [0.4, 0.5) is 5.69 Å². The molecule has 34 heavy (non-hydrogen) atoms. The fourth-order valence-corrected chi connectivity index (χ4v) is 3.64. The number of carbonyl (C=O) groups excluding carboxylic acids is 2. The molecule has 0 aliphatic rings. The number of amides is 1. The van der Waals surface area contributed by atoms with Gasteiger partial charge in [0.05, 0.1) is 5.69 Å². The summed E-state index contributed by atoms with van der Waals surface area (Å²) < 4.78 is 6.72. The summed E-state index contributed by atoms with van der Waals surface area (Å²) in [5.74, 6) is -1.36. The minimum Gasteiger partial charge on any atom is -0.459 e. The van der Waals surface area contributed by atoms with Gasteiger partial charge in [-0.2, -0.15) is 0 Å². The SMILES string of the molecule is CC(C)(C)OC(=O)Cn1c(=O)c(C(=O)NCc2ccc(Cl)cc2)cc2c(N=[N+]=[N-])c(Br)cnc21. The van der Waals surface area contributed by atoms with E-state index < -0.39 is 29.6 Å². The van der Waals surface area contributed by atoms with E-state index in [1.165, 1.54) is 12.3 Å². The standard InChI is InChI=1S/C22H20BrClN6O4/c1-22(2,3)34-17(31)11-30-19-14(18(28-29-25)16(23)10-26-19)8-15(21(30)33)20(32)27-9-12-4-6-13(24)7-5-12/h4-8,10H,9,11H2,1-3H3,(H,27,32). The highest BCUT2D eigenvalue weighted by molar-refractivity contribution is 9.10. The van der Waals surface area contributed by atoms with E-state index in [1.807, 2.05) is 0 Å². The third kappa shape index (κ3) is 5.93. The van der Waals surface area contributed by atoms with Crippen molar-refractivity contribution in [3.63, 3.8) is 0 Å².